The summed E-state index contributed by atoms with van der Waals surface area (Å²) in [6, 6.07) is 20.9. The molecule has 0 aliphatic rings. The second-order valence-electron chi connectivity index (χ2n) is 9.95. The standard InChI is InChI=1S/C30H38N6O4/c1-20(2)17-26(36-30(39)40-19-21-9-4-3-5-10-21)28(38)35-25(13-8-16-33-29(31)32)27(37)34-24-15-14-22-11-6-7-12-23(22)18-24/h3-7,9-12,14-15,18,20,25-26H,8,13,16-17,19H2,1-2H3,(H,34,37)(H,35,38)(H,36,39)(H4,31,32,33)/t25-,26-/m0/s1. The van der Waals surface area contributed by atoms with Crippen LogP contribution in [0.3, 0.4) is 0 Å². The molecule has 0 heterocycles. The number of alkyl carbamates (subject to hydrolysis) is 1. The van der Waals surface area contributed by atoms with Crippen LogP contribution in [-0.4, -0.2) is 42.5 Å². The number of hydrogen-bond acceptors (Lipinski definition) is 5. The topological polar surface area (TPSA) is 161 Å². The lowest BCUT2D eigenvalue weighted by Gasteiger charge is -2.24. The molecule has 7 N–H and O–H groups in total. The number of nitrogens with zero attached hydrogens (tertiary/aromatic N) is 1. The van der Waals surface area contributed by atoms with Crippen molar-refractivity contribution in [2.45, 2.75) is 51.8 Å². The second-order valence-corrected chi connectivity index (χ2v) is 9.95. The quantitative estimate of drug-likeness (QED) is 0.125. The molecule has 212 valence electrons. The van der Waals surface area contributed by atoms with Crippen molar-refractivity contribution in [1.82, 2.24) is 10.6 Å². The number of rotatable bonds is 13. The number of hydrogen-bond donors (Lipinski definition) is 5. The predicted octanol–water partition coefficient (Wildman–Crippen LogP) is 3.66. The van der Waals surface area contributed by atoms with Crippen molar-refractivity contribution >= 4 is 40.3 Å². The summed E-state index contributed by atoms with van der Waals surface area (Å²) < 4.78 is 5.31. The Bertz CT molecular complexity index is 1310. The van der Waals surface area contributed by atoms with Crippen LogP contribution in [0.2, 0.25) is 0 Å². The summed E-state index contributed by atoms with van der Waals surface area (Å²) in [6.45, 7) is 4.26. The van der Waals surface area contributed by atoms with Gasteiger partial charge in [-0.25, -0.2) is 4.79 Å². The Balaban J connectivity index is 1.69. The van der Waals surface area contributed by atoms with E-state index in [0.717, 1.165) is 16.3 Å². The van der Waals surface area contributed by atoms with Gasteiger partial charge in [0.2, 0.25) is 11.8 Å². The van der Waals surface area contributed by atoms with E-state index >= 15 is 0 Å². The van der Waals surface area contributed by atoms with Gasteiger partial charge >= 0.3 is 6.09 Å². The number of amides is 3. The fourth-order valence-electron chi connectivity index (χ4n) is 4.15. The van der Waals surface area contributed by atoms with Gasteiger partial charge in [0.25, 0.3) is 0 Å². The molecule has 0 aliphatic carbocycles. The van der Waals surface area contributed by atoms with Gasteiger partial charge in [0.1, 0.15) is 18.7 Å². The van der Waals surface area contributed by atoms with E-state index < -0.39 is 24.1 Å². The average molecular weight is 547 g/mol. The lowest BCUT2D eigenvalue weighted by molar-refractivity contribution is -0.128. The summed E-state index contributed by atoms with van der Waals surface area (Å²) in [7, 11) is 0. The Morgan fingerprint density at radius 1 is 0.850 bits per heavy atom. The molecule has 2 atom stereocenters. The molecule has 40 heavy (non-hydrogen) atoms. The van der Waals surface area contributed by atoms with Crippen molar-refractivity contribution in [3.8, 4) is 0 Å². The zero-order valence-corrected chi connectivity index (χ0v) is 22.9. The van der Waals surface area contributed by atoms with Crippen molar-refractivity contribution in [3.05, 3.63) is 78.4 Å². The summed E-state index contributed by atoms with van der Waals surface area (Å²) in [6.07, 6.45) is 0.387. The van der Waals surface area contributed by atoms with Crippen LogP contribution in [0.4, 0.5) is 10.5 Å². The SMILES string of the molecule is CC(C)C[C@H](NC(=O)OCc1ccccc1)C(=O)N[C@@H](CCCN=C(N)N)C(=O)Nc1ccc2ccccc2c1. The number of carbonyl (C=O) groups excluding carboxylic acids is 3. The molecule has 0 bridgehead atoms. The number of fused-ring (bicyclic) bond motifs is 1. The molecule has 3 amide bonds. The van der Waals surface area contributed by atoms with Crippen molar-refractivity contribution in [2.75, 3.05) is 11.9 Å². The Hall–Kier alpha value is -4.60. The minimum Gasteiger partial charge on any atom is -0.445 e. The molecule has 0 fully saturated rings. The number of anilines is 1. The van der Waals surface area contributed by atoms with E-state index in [4.69, 9.17) is 16.2 Å². The number of nitrogens with two attached hydrogens (primary N) is 2. The number of aliphatic imine (C=N–C) groups is 1. The van der Waals surface area contributed by atoms with Crippen LogP contribution in [0.15, 0.2) is 77.8 Å². The second kappa shape index (κ2) is 15.1. The molecule has 10 heteroatoms. The van der Waals surface area contributed by atoms with E-state index in [9.17, 15) is 14.4 Å². The molecule has 0 saturated carbocycles. The molecule has 0 saturated heterocycles. The Morgan fingerprint density at radius 3 is 2.25 bits per heavy atom. The van der Waals surface area contributed by atoms with E-state index in [1.807, 2.05) is 86.6 Å². The number of nitrogens with one attached hydrogen (secondary N) is 3. The molecular formula is C30H38N6O4. The van der Waals surface area contributed by atoms with Crippen LogP contribution in [0.5, 0.6) is 0 Å². The third-order valence-corrected chi connectivity index (χ3v) is 6.12. The lowest BCUT2D eigenvalue weighted by Crippen LogP contribution is -2.53. The van der Waals surface area contributed by atoms with E-state index in [1.165, 1.54) is 0 Å². The maximum absolute atomic E-state index is 13.3. The summed E-state index contributed by atoms with van der Waals surface area (Å²) in [5, 5.41) is 10.4. The average Bonchev–Trinajstić information content (AvgIpc) is 2.93. The maximum Gasteiger partial charge on any atom is 0.408 e. The Labute approximate surface area is 234 Å². The Kier molecular flexibility index (Phi) is 11.3. The zero-order chi connectivity index (χ0) is 28.9. The third kappa shape index (κ3) is 9.94. The fourth-order valence-corrected chi connectivity index (χ4v) is 4.15. The third-order valence-electron chi connectivity index (χ3n) is 6.12. The molecule has 0 aliphatic heterocycles. The van der Waals surface area contributed by atoms with Crippen molar-refractivity contribution in [2.24, 2.45) is 22.4 Å². The maximum atomic E-state index is 13.3. The number of ether oxygens (including phenoxy) is 1. The fraction of sp³-hybridized carbons (Fsp3) is 0.333. The normalized spacial score (nSPS) is 12.3. The highest BCUT2D eigenvalue weighted by Crippen LogP contribution is 2.19. The monoisotopic (exact) mass is 546 g/mol. The largest absolute Gasteiger partial charge is 0.445 e. The van der Waals surface area contributed by atoms with Crippen LogP contribution >= 0.6 is 0 Å². The van der Waals surface area contributed by atoms with Gasteiger partial charge < -0.3 is 32.2 Å². The van der Waals surface area contributed by atoms with Crippen molar-refractivity contribution in [3.63, 3.8) is 0 Å². The van der Waals surface area contributed by atoms with Crippen molar-refractivity contribution in [1.29, 1.82) is 0 Å². The van der Waals surface area contributed by atoms with Gasteiger partial charge in [-0.05, 0) is 53.6 Å². The summed E-state index contributed by atoms with van der Waals surface area (Å²) in [5.41, 5.74) is 12.3. The minimum absolute atomic E-state index is 0.0450. The first-order valence-electron chi connectivity index (χ1n) is 13.3. The van der Waals surface area contributed by atoms with E-state index in [2.05, 4.69) is 20.9 Å². The highest BCUT2D eigenvalue weighted by molar-refractivity contribution is 5.99. The van der Waals surface area contributed by atoms with E-state index in [0.29, 0.717) is 25.1 Å². The first-order valence-corrected chi connectivity index (χ1v) is 13.3. The molecule has 10 nitrogen and oxygen atoms in total. The zero-order valence-electron chi connectivity index (χ0n) is 22.9. The van der Waals surface area contributed by atoms with Crippen LogP contribution < -0.4 is 27.4 Å². The van der Waals surface area contributed by atoms with Crippen LogP contribution in [0.25, 0.3) is 10.8 Å². The number of benzene rings is 3. The molecule has 0 spiro atoms. The lowest BCUT2D eigenvalue weighted by atomic mass is 10.0. The summed E-state index contributed by atoms with van der Waals surface area (Å²) in [4.78, 5) is 43.1. The van der Waals surface area contributed by atoms with Gasteiger partial charge in [-0.1, -0.05) is 74.5 Å². The number of guanidine groups is 1. The van der Waals surface area contributed by atoms with Crippen LogP contribution in [0.1, 0.15) is 38.7 Å². The molecule has 0 aromatic heterocycles. The van der Waals surface area contributed by atoms with Crippen LogP contribution in [-0.2, 0) is 20.9 Å². The first-order chi connectivity index (χ1) is 19.2. The molecular weight excluding hydrogens is 508 g/mol. The smallest absolute Gasteiger partial charge is 0.408 e. The molecule has 3 aromatic carbocycles. The van der Waals surface area contributed by atoms with E-state index in [-0.39, 0.29) is 30.8 Å². The van der Waals surface area contributed by atoms with Gasteiger partial charge in [-0.15, -0.1) is 0 Å². The minimum atomic E-state index is -0.892. The van der Waals surface area contributed by atoms with E-state index in [1.54, 1.807) is 0 Å². The molecule has 0 radical (unpaired) electrons. The van der Waals surface area contributed by atoms with Gasteiger partial charge in [0.05, 0.1) is 0 Å². The highest BCUT2D eigenvalue weighted by Gasteiger charge is 2.28. The number of carbonyl (C=O) groups is 3. The Morgan fingerprint density at radius 2 is 1.55 bits per heavy atom. The summed E-state index contributed by atoms with van der Waals surface area (Å²) in [5.74, 6) is -0.817. The molecule has 3 rings (SSSR count). The van der Waals surface area contributed by atoms with Gasteiger partial charge in [-0.2, -0.15) is 0 Å². The van der Waals surface area contributed by atoms with Crippen LogP contribution in [0, 0.1) is 5.92 Å². The molecule has 0 unspecified atom stereocenters. The van der Waals surface area contributed by atoms with Gasteiger partial charge in [0.15, 0.2) is 5.96 Å². The highest BCUT2D eigenvalue weighted by atomic mass is 16.5. The van der Waals surface area contributed by atoms with Gasteiger partial charge in [0, 0.05) is 12.2 Å². The first kappa shape index (κ1) is 29.9. The van der Waals surface area contributed by atoms with Gasteiger partial charge in [-0.3, -0.25) is 14.6 Å². The van der Waals surface area contributed by atoms with Crippen molar-refractivity contribution < 1.29 is 19.1 Å². The molecule has 3 aromatic rings. The predicted molar refractivity (Wildman–Crippen MR) is 157 cm³/mol. The summed E-state index contributed by atoms with van der Waals surface area (Å²) >= 11 is 0.